The van der Waals surface area contributed by atoms with Crippen LogP contribution in [0.5, 0.6) is 0 Å². The fourth-order valence-electron chi connectivity index (χ4n) is 4.68. The number of nitrogens with one attached hydrogen (secondary N) is 1. The molecule has 0 spiro atoms. The number of carbonyl (C=O) groups is 3. The van der Waals surface area contributed by atoms with Gasteiger partial charge in [-0.3, -0.25) is 14.4 Å². The molecule has 1 aliphatic heterocycles. The molecule has 0 saturated heterocycles. The number of halogens is 1. The van der Waals surface area contributed by atoms with Crippen molar-refractivity contribution < 1.29 is 22.8 Å². The van der Waals surface area contributed by atoms with Gasteiger partial charge in [0.05, 0.1) is 5.56 Å². The van der Waals surface area contributed by atoms with Crippen LogP contribution in [0.4, 0.5) is 0 Å². The largest absolute Gasteiger partial charge is 0.354 e. The number of fused-ring (bicyclic) bond motifs is 1. The van der Waals surface area contributed by atoms with Crippen LogP contribution in [0, 0.1) is 0 Å². The number of amides is 3. The highest BCUT2D eigenvalue weighted by molar-refractivity contribution is 7.90. The average Bonchev–Trinajstić information content (AvgIpc) is 3.15. The van der Waals surface area contributed by atoms with Gasteiger partial charge in [0.25, 0.3) is 15.9 Å². The molecular weight excluding hydrogens is 550 g/mol. The van der Waals surface area contributed by atoms with E-state index in [9.17, 15) is 22.8 Å². The van der Waals surface area contributed by atoms with Gasteiger partial charge in [0.15, 0.2) is 0 Å². The summed E-state index contributed by atoms with van der Waals surface area (Å²) in [5, 5.41) is 3.48. The van der Waals surface area contributed by atoms with Gasteiger partial charge in [0.2, 0.25) is 11.8 Å². The molecule has 3 amide bonds. The SMILES string of the molecule is CCCNC(=O)C(Cc1ccccc1)N(Cc1ccc(Cl)cc1)C(=O)CCCN1C(=O)c2ccccc2S1(=O)=O. The zero-order valence-electron chi connectivity index (χ0n) is 22.3. The zero-order valence-corrected chi connectivity index (χ0v) is 23.8. The fraction of sp³-hybridized carbons (Fsp3) is 0.300. The van der Waals surface area contributed by atoms with E-state index in [0.717, 1.165) is 21.9 Å². The summed E-state index contributed by atoms with van der Waals surface area (Å²) < 4.78 is 26.7. The first-order valence-corrected chi connectivity index (χ1v) is 15.1. The van der Waals surface area contributed by atoms with Gasteiger partial charge in [-0.15, -0.1) is 0 Å². The van der Waals surface area contributed by atoms with Crippen LogP contribution < -0.4 is 5.32 Å². The van der Waals surface area contributed by atoms with Crippen molar-refractivity contribution in [2.24, 2.45) is 0 Å². The lowest BCUT2D eigenvalue weighted by Gasteiger charge is -2.32. The van der Waals surface area contributed by atoms with E-state index in [4.69, 9.17) is 11.6 Å². The summed E-state index contributed by atoms with van der Waals surface area (Å²) in [7, 11) is -3.96. The van der Waals surface area contributed by atoms with E-state index >= 15 is 0 Å². The first-order valence-electron chi connectivity index (χ1n) is 13.2. The van der Waals surface area contributed by atoms with E-state index < -0.39 is 22.0 Å². The van der Waals surface area contributed by atoms with Crippen LogP contribution in [0.15, 0.2) is 83.8 Å². The number of carbonyl (C=O) groups excluding carboxylic acids is 3. The van der Waals surface area contributed by atoms with Gasteiger partial charge in [-0.25, -0.2) is 12.7 Å². The lowest BCUT2D eigenvalue weighted by molar-refractivity contribution is -0.141. The Bertz CT molecular complexity index is 1460. The first kappa shape index (κ1) is 29.3. The average molecular weight is 582 g/mol. The van der Waals surface area contributed by atoms with Crippen LogP contribution in [0.1, 0.15) is 47.7 Å². The molecule has 1 unspecified atom stereocenters. The van der Waals surface area contributed by atoms with Crippen molar-refractivity contribution in [3.63, 3.8) is 0 Å². The summed E-state index contributed by atoms with van der Waals surface area (Å²) in [6, 6.07) is 21.8. The molecule has 8 nitrogen and oxygen atoms in total. The molecule has 0 saturated carbocycles. The normalized spacial score (nSPS) is 14.4. The molecule has 0 aliphatic carbocycles. The Morgan fingerprint density at radius 2 is 1.62 bits per heavy atom. The molecule has 1 heterocycles. The topological polar surface area (TPSA) is 104 Å². The van der Waals surface area contributed by atoms with E-state index in [2.05, 4.69) is 5.32 Å². The highest BCUT2D eigenvalue weighted by atomic mass is 35.5. The molecule has 0 aromatic heterocycles. The first-order chi connectivity index (χ1) is 19.2. The monoisotopic (exact) mass is 581 g/mol. The summed E-state index contributed by atoms with van der Waals surface area (Å²) in [6.07, 6.45) is 1.12. The van der Waals surface area contributed by atoms with Gasteiger partial charge in [-0.1, -0.05) is 73.1 Å². The second-order valence-electron chi connectivity index (χ2n) is 9.63. The van der Waals surface area contributed by atoms with Crippen molar-refractivity contribution in [1.29, 1.82) is 0 Å². The van der Waals surface area contributed by atoms with Crippen LogP contribution in [0.3, 0.4) is 0 Å². The highest BCUT2D eigenvalue weighted by Crippen LogP contribution is 2.30. The van der Waals surface area contributed by atoms with Gasteiger partial charge in [0.1, 0.15) is 10.9 Å². The minimum Gasteiger partial charge on any atom is -0.354 e. The third-order valence-electron chi connectivity index (χ3n) is 6.75. The van der Waals surface area contributed by atoms with Crippen LogP contribution in [-0.4, -0.2) is 54.5 Å². The highest BCUT2D eigenvalue weighted by Gasteiger charge is 2.40. The maximum absolute atomic E-state index is 13.7. The van der Waals surface area contributed by atoms with Crippen molar-refractivity contribution in [2.45, 2.75) is 50.1 Å². The molecule has 4 rings (SSSR count). The minimum atomic E-state index is -3.96. The van der Waals surface area contributed by atoms with Crippen LogP contribution in [0.2, 0.25) is 5.02 Å². The molecule has 1 atom stereocenters. The summed E-state index contributed by atoms with van der Waals surface area (Å²) in [5.41, 5.74) is 1.83. The lowest BCUT2D eigenvalue weighted by Crippen LogP contribution is -2.50. The fourth-order valence-corrected chi connectivity index (χ4v) is 6.41. The standard InChI is InChI=1S/C30H32ClN3O5S/c1-2-18-32-29(36)26(20-22-9-4-3-5-10-22)33(21-23-14-16-24(31)17-15-23)28(35)13-8-19-34-30(37)25-11-6-7-12-27(25)40(34,38)39/h3-7,9-12,14-17,26H,2,8,13,18-21H2,1H3,(H,32,36). The number of sulfonamides is 1. The molecule has 1 N–H and O–H groups in total. The van der Waals surface area contributed by atoms with Crippen molar-refractivity contribution in [3.8, 4) is 0 Å². The second-order valence-corrected chi connectivity index (χ2v) is 11.9. The predicted molar refractivity (Wildman–Crippen MR) is 153 cm³/mol. The summed E-state index contributed by atoms with van der Waals surface area (Å²) in [6.45, 7) is 2.46. The maximum Gasteiger partial charge on any atom is 0.269 e. The molecule has 0 radical (unpaired) electrons. The van der Waals surface area contributed by atoms with E-state index in [-0.39, 0.29) is 48.2 Å². The number of hydrogen-bond acceptors (Lipinski definition) is 5. The second kappa shape index (κ2) is 13.1. The number of nitrogens with zero attached hydrogens (tertiary/aromatic N) is 2. The van der Waals surface area contributed by atoms with Crippen LogP contribution >= 0.6 is 11.6 Å². The Morgan fingerprint density at radius 3 is 2.30 bits per heavy atom. The third kappa shape index (κ3) is 6.71. The molecule has 0 fully saturated rings. The zero-order chi connectivity index (χ0) is 28.7. The molecule has 3 aromatic carbocycles. The van der Waals surface area contributed by atoms with E-state index in [1.165, 1.54) is 17.0 Å². The van der Waals surface area contributed by atoms with Crippen molar-refractivity contribution in [1.82, 2.24) is 14.5 Å². The number of hydrogen-bond donors (Lipinski definition) is 1. The van der Waals surface area contributed by atoms with Crippen molar-refractivity contribution >= 4 is 39.3 Å². The maximum atomic E-state index is 13.7. The summed E-state index contributed by atoms with van der Waals surface area (Å²) in [5.74, 6) is -1.17. The van der Waals surface area contributed by atoms with E-state index in [1.54, 1.807) is 36.4 Å². The summed E-state index contributed by atoms with van der Waals surface area (Å²) >= 11 is 6.06. The number of rotatable bonds is 12. The Balaban J connectivity index is 1.55. The van der Waals surface area contributed by atoms with Crippen LogP contribution in [-0.2, 0) is 32.6 Å². The van der Waals surface area contributed by atoms with Crippen molar-refractivity contribution in [3.05, 3.63) is 101 Å². The van der Waals surface area contributed by atoms with Gasteiger partial charge in [-0.05, 0) is 48.2 Å². The molecule has 1 aliphatic rings. The minimum absolute atomic E-state index is 0.0220. The van der Waals surface area contributed by atoms with E-state index in [1.807, 2.05) is 37.3 Å². The molecule has 10 heteroatoms. The third-order valence-corrected chi connectivity index (χ3v) is 8.84. The van der Waals surface area contributed by atoms with E-state index in [0.29, 0.717) is 18.0 Å². The Morgan fingerprint density at radius 1 is 0.950 bits per heavy atom. The quantitative estimate of drug-likeness (QED) is 0.341. The molecule has 40 heavy (non-hydrogen) atoms. The smallest absolute Gasteiger partial charge is 0.269 e. The predicted octanol–water partition coefficient (Wildman–Crippen LogP) is 4.43. The van der Waals surface area contributed by atoms with Gasteiger partial charge < -0.3 is 10.2 Å². The molecule has 0 bridgehead atoms. The molecular formula is C30H32ClN3O5S. The van der Waals surface area contributed by atoms with Gasteiger partial charge in [0, 0.05) is 37.5 Å². The lowest BCUT2D eigenvalue weighted by atomic mass is 10.0. The van der Waals surface area contributed by atoms with Crippen molar-refractivity contribution in [2.75, 3.05) is 13.1 Å². The molecule has 210 valence electrons. The summed E-state index contributed by atoms with van der Waals surface area (Å²) in [4.78, 5) is 41.4. The van der Waals surface area contributed by atoms with Gasteiger partial charge in [-0.2, -0.15) is 0 Å². The Hall–Kier alpha value is -3.69. The number of benzene rings is 3. The Kier molecular flexibility index (Phi) is 9.60. The van der Waals surface area contributed by atoms with Gasteiger partial charge >= 0.3 is 0 Å². The Labute approximate surface area is 240 Å². The molecule has 3 aromatic rings. The van der Waals surface area contributed by atoms with Crippen LogP contribution in [0.25, 0.3) is 0 Å².